The summed E-state index contributed by atoms with van der Waals surface area (Å²) in [5, 5.41) is 22.5. The highest BCUT2D eigenvalue weighted by Gasteiger charge is 2.19. The predicted octanol–water partition coefficient (Wildman–Crippen LogP) is 2.01. The minimum absolute atomic E-state index is 0.0136. The van der Waals surface area contributed by atoms with E-state index in [1.54, 1.807) is 24.3 Å². The number of hydrogen-bond acceptors (Lipinski definition) is 4. The van der Waals surface area contributed by atoms with Gasteiger partial charge in [-0.2, -0.15) is 0 Å². The van der Waals surface area contributed by atoms with Crippen molar-refractivity contribution in [2.75, 3.05) is 6.54 Å². The molecule has 0 spiro atoms. The van der Waals surface area contributed by atoms with Gasteiger partial charge < -0.3 is 20.3 Å². The Hall–Kier alpha value is -2.37. The SMILES string of the molecule is CC(=O)NCC(O)C(O)c1cccc(Oc2ccccc2)c1. The normalized spacial score (nSPS) is 13.2. The zero-order chi connectivity index (χ0) is 15.9. The highest BCUT2D eigenvalue weighted by atomic mass is 16.5. The molecule has 0 aliphatic rings. The van der Waals surface area contributed by atoms with Gasteiger partial charge in [-0.25, -0.2) is 0 Å². The second-order valence-corrected chi connectivity index (χ2v) is 4.94. The predicted molar refractivity (Wildman–Crippen MR) is 82.6 cm³/mol. The third-order valence-corrected chi connectivity index (χ3v) is 3.10. The summed E-state index contributed by atoms with van der Waals surface area (Å²) < 4.78 is 5.68. The first-order valence-corrected chi connectivity index (χ1v) is 6.99. The van der Waals surface area contributed by atoms with E-state index in [2.05, 4.69) is 5.32 Å². The molecule has 0 aliphatic carbocycles. The minimum atomic E-state index is -1.11. The number of hydrogen-bond donors (Lipinski definition) is 3. The summed E-state index contributed by atoms with van der Waals surface area (Å²) in [5.74, 6) is 0.995. The van der Waals surface area contributed by atoms with Gasteiger partial charge in [0.2, 0.25) is 5.91 Å². The standard InChI is InChI=1S/C17H19NO4/c1-12(19)18-11-16(20)17(21)13-6-5-9-15(10-13)22-14-7-3-2-4-8-14/h2-10,16-17,20-21H,11H2,1H3,(H,18,19). The van der Waals surface area contributed by atoms with Crippen LogP contribution in [0.2, 0.25) is 0 Å². The van der Waals surface area contributed by atoms with Crippen LogP contribution in [-0.2, 0) is 4.79 Å². The van der Waals surface area contributed by atoms with Gasteiger partial charge in [0.15, 0.2) is 0 Å². The first kappa shape index (κ1) is 16.0. The van der Waals surface area contributed by atoms with Crippen molar-refractivity contribution >= 4 is 5.91 Å². The summed E-state index contributed by atoms with van der Waals surface area (Å²) in [6.45, 7) is 1.34. The molecule has 0 heterocycles. The minimum Gasteiger partial charge on any atom is -0.457 e. The van der Waals surface area contributed by atoms with E-state index in [-0.39, 0.29) is 12.5 Å². The highest BCUT2D eigenvalue weighted by molar-refractivity contribution is 5.72. The molecule has 3 N–H and O–H groups in total. The number of aliphatic hydroxyl groups is 2. The average molecular weight is 301 g/mol. The Morgan fingerprint density at radius 2 is 1.77 bits per heavy atom. The molecule has 0 fully saturated rings. The summed E-state index contributed by atoms with van der Waals surface area (Å²) in [7, 11) is 0. The Balaban J connectivity index is 2.05. The molecule has 0 saturated heterocycles. The molecule has 2 unspecified atom stereocenters. The Morgan fingerprint density at radius 3 is 2.45 bits per heavy atom. The Kier molecular flexibility index (Phi) is 5.52. The number of ether oxygens (including phenoxy) is 1. The van der Waals surface area contributed by atoms with E-state index >= 15 is 0 Å². The number of benzene rings is 2. The van der Waals surface area contributed by atoms with Crippen LogP contribution in [0, 0.1) is 0 Å². The molecular formula is C17H19NO4. The first-order chi connectivity index (χ1) is 10.6. The van der Waals surface area contributed by atoms with Crippen molar-refractivity contribution in [3.05, 3.63) is 60.2 Å². The smallest absolute Gasteiger partial charge is 0.216 e. The molecule has 5 nitrogen and oxygen atoms in total. The van der Waals surface area contributed by atoms with E-state index in [1.807, 2.05) is 30.3 Å². The Bertz CT molecular complexity index is 615. The molecule has 0 bridgehead atoms. The van der Waals surface area contributed by atoms with E-state index < -0.39 is 12.2 Å². The van der Waals surface area contributed by atoms with Crippen LogP contribution < -0.4 is 10.1 Å². The largest absolute Gasteiger partial charge is 0.457 e. The van der Waals surface area contributed by atoms with E-state index in [1.165, 1.54) is 6.92 Å². The van der Waals surface area contributed by atoms with Crippen molar-refractivity contribution in [3.8, 4) is 11.5 Å². The van der Waals surface area contributed by atoms with E-state index in [0.29, 0.717) is 17.1 Å². The quantitative estimate of drug-likeness (QED) is 0.762. The lowest BCUT2D eigenvalue weighted by Crippen LogP contribution is -2.34. The molecule has 116 valence electrons. The van der Waals surface area contributed by atoms with Gasteiger partial charge in [0, 0.05) is 13.5 Å². The highest BCUT2D eigenvalue weighted by Crippen LogP contribution is 2.25. The third-order valence-electron chi connectivity index (χ3n) is 3.10. The lowest BCUT2D eigenvalue weighted by atomic mass is 10.0. The van der Waals surface area contributed by atoms with Gasteiger partial charge in [0.1, 0.15) is 23.7 Å². The fourth-order valence-corrected chi connectivity index (χ4v) is 1.97. The average Bonchev–Trinajstić information content (AvgIpc) is 2.53. The molecule has 1 amide bonds. The van der Waals surface area contributed by atoms with Gasteiger partial charge in [0.25, 0.3) is 0 Å². The molecule has 2 aromatic carbocycles. The van der Waals surface area contributed by atoms with Gasteiger partial charge in [-0.1, -0.05) is 30.3 Å². The van der Waals surface area contributed by atoms with Crippen molar-refractivity contribution in [2.45, 2.75) is 19.1 Å². The number of para-hydroxylation sites is 1. The van der Waals surface area contributed by atoms with Crippen LogP contribution in [0.4, 0.5) is 0 Å². The molecule has 0 aliphatic heterocycles. The number of carbonyl (C=O) groups is 1. The molecular weight excluding hydrogens is 282 g/mol. The van der Waals surface area contributed by atoms with Crippen molar-refractivity contribution in [1.29, 1.82) is 0 Å². The first-order valence-electron chi connectivity index (χ1n) is 6.99. The van der Waals surface area contributed by atoms with Crippen LogP contribution >= 0.6 is 0 Å². The third kappa shape index (κ3) is 4.58. The molecule has 0 radical (unpaired) electrons. The molecule has 2 atom stereocenters. The number of amides is 1. The molecule has 0 aromatic heterocycles. The summed E-state index contributed by atoms with van der Waals surface area (Å²) >= 11 is 0. The number of aliphatic hydroxyl groups excluding tert-OH is 2. The van der Waals surface area contributed by atoms with Crippen molar-refractivity contribution in [3.63, 3.8) is 0 Å². The second-order valence-electron chi connectivity index (χ2n) is 4.94. The van der Waals surface area contributed by atoms with Gasteiger partial charge in [-0.05, 0) is 29.8 Å². The Labute approximate surface area is 129 Å². The maximum Gasteiger partial charge on any atom is 0.216 e. The summed E-state index contributed by atoms with van der Waals surface area (Å²) in [5.41, 5.74) is 0.520. The van der Waals surface area contributed by atoms with Crippen molar-refractivity contribution < 1.29 is 19.7 Å². The fourth-order valence-electron chi connectivity index (χ4n) is 1.97. The van der Waals surface area contributed by atoms with E-state index in [9.17, 15) is 15.0 Å². The topological polar surface area (TPSA) is 78.8 Å². The van der Waals surface area contributed by atoms with Gasteiger partial charge >= 0.3 is 0 Å². The van der Waals surface area contributed by atoms with Gasteiger partial charge in [-0.15, -0.1) is 0 Å². The van der Waals surface area contributed by atoms with Crippen LogP contribution in [0.1, 0.15) is 18.6 Å². The van der Waals surface area contributed by atoms with Crippen LogP contribution in [0.3, 0.4) is 0 Å². The van der Waals surface area contributed by atoms with Crippen LogP contribution in [0.5, 0.6) is 11.5 Å². The fraction of sp³-hybridized carbons (Fsp3) is 0.235. The Morgan fingerprint density at radius 1 is 1.09 bits per heavy atom. The van der Waals surface area contributed by atoms with Gasteiger partial charge in [0.05, 0.1) is 0 Å². The lowest BCUT2D eigenvalue weighted by Gasteiger charge is -2.19. The van der Waals surface area contributed by atoms with Crippen LogP contribution in [0.25, 0.3) is 0 Å². The van der Waals surface area contributed by atoms with Crippen molar-refractivity contribution in [1.82, 2.24) is 5.32 Å². The maximum atomic E-state index is 10.8. The maximum absolute atomic E-state index is 10.8. The second kappa shape index (κ2) is 7.59. The van der Waals surface area contributed by atoms with Crippen LogP contribution in [-0.4, -0.2) is 28.8 Å². The van der Waals surface area contributed by atoms with Crippen molar-refractivity contribution in [2.24, 2.45) is 0 Å². The molecule has 2 aromatic rings. The molecule has 0 saturated carbocycles. The number of rotatable bonds is 6. The summed E-state index contributed by atoms with van der Waals surface area (Å²) in [6, 6.07) is 16.1. The summed E-state index contributed by atoms with van der Waals surface area (Å²) in [6.07, 6.45) is -2.19. The van der Waals surface area contributed by atoms with E-state index in [0.717, 1.165) is 0 Å². The molecule has 22 heavy (non-hydrogen) atoms. The zero-order valence-electron chi connectivity index (χ0n) is 12.3. The molecule has 2 rings (SSSR count). The molecule has 5 heteroatoms. The van der Waals surface area contributed by atoms with Crippen LogP contribution in [0.15, 0.2) is 54.6 Å². The number of carbonyl (C=O) groups excluding carboxylic acids is 1. The van der Waals surface area contributed by atoms with E-state index in [4.69, 9.17) is 4.74 Å². The zero-order valence-corrected chi connectivity index (χ0v) is 12.3. The number of nitrogens with one attached hydrogen (secondary N) is 1. The van der Waals surface area contributed by atoms with Gasteiger partial charge in [-0.3, -0.25) is 4.79 Å². The monoisotopic (exact) mass is 301 g/mol. The summed E-state index contributed by atoms with van der Waals surface area (Å²) in [4.78, 5) is 10.8. The lowest BCUT2D eigenvalue weighted by molar-refractivity contribution is -0.119.